The number of hydrogen-bond acceptors (Lipinski definition) is 3. The molecular formula is C13H16BrN3O. The number of hydrogen-bond donors (Lipinski definition) is 1. The molecule has 1 N–H and O–H groups in total. The van der Waals surface area contributed by atoms with Crippen molar-refractivity contribution in [3.05, 3.63) is 28.5 Å². The molecule has 1 aromatic carbocycles. The van der Waals surface area contributed by atoms with E-state index in [9.17, 15) is 0 Å². The second kappa shape index (κ2) is 4.64. The summed E-state index contributed by atoms with van der Waals surface area (Å²) in [5, 5.41) is 3.31. The maximum absolute atomic E-state index is 5.56. The lowest BCUT2D eigenvalue weighted by Crippen LogP contribution is -2.32. The van der Waals surface area contributed by atoms with E-state index in [0.29, 0.717) is 12.0 Å². The van der Waals surface area contributed by atoms with Gasteiger partial charge in [-0.1, -0.05) is 15.9 Å². The monoisotopic (exact) mass is 309 g/mol. The van der Waals surface area contributed by atoms with Gasteiger partial charge in [0.2, 0.25) is 0 Å². The molecule has 1 aliphatic heterocycles. The summed E-state index contributed by atoms with van der Waals surface area (Å²) in [7, 11) is 4.05. The Morgan fingerprint density at radius 3 is 3.06 bits per heavy atom. The Morgan fingerprint density at radius 2 is 2.28 bits per heavy atom. The van der Waals surface area contributed by atoms with E-state index in [1.165, 1.54) is 0 Å². The van der Waals surface area contributed by atoms with E-state index < -0.39 is 0 Å². The van der Waals surface area contributed by atoms with Crippen LogP contribution in [0, 0.1) is 0 Å². The molecule has 0 bridgehead atoms. The highest BCUT2D eigenvalue weighted by Gasteiger charge is 2.31. The number of imidazole rings is 1. The van der Waals surface area contributed by atoms with Crippen molar-refractivity contribution < 1.29 is 4.74 Å². The third kappa shape index (κ3) is 1.86. The molecule has 0 aliphatic carbocycles. The molecule has 2 aromatic rings. The minimum atomic E-state index is 0.325. The summed E-state index contributed by atoms with van der Waals surface area (Å²) < 4.78 is 8.80. The number of aromatic nitrogens is 2. The average molecular weight is 310 g/mol. The van der Waals surface area contributed by atoms with Gasteiger partial charge < -0.3 is 14.6 Å². The van der Waals surface area contributed by atoms with Crippen molar-refractivity contribution in [1.29, 1.82) is 0 Å². The molecule has 0 spiro atoms. The fourth-order valence-electron chi connectivity index (χ4n) is 2.62. The Balaban J connectivity index is 2.09. The smallest absolute Gasteiger partial charge is 0.116 e. The number of aryl methyl sites for hydroxylation is 1. The number of nitrogens with one attached hydrogen (secondary N) is 1. The normalized spacial score (nSPS) is 23.9. The van der Waals surface area contributed by atoms with Crippen molar-refractivity contribution in [3.8, 4) is 0 Å². The Hall–Kier alpha value is -0.910. The van der Waals surface area contributed by atoms with Crippen LogP contribution in [0.25, 0.3) is 11.0 Å². The zero-order chi connectivity index (χ0) is 12.7. The van der Waals surface area contributed by atoms with Crippen molar-refractivity contribution >= 4 is 27.0 Å². The van der Waals surface area contributed by atoms with Gasteiger partial charge in [-0.2, -0.15) is 0 Å². The molecule has 2 atom stereocenters. The van der Waals surface area contributed by atoms with Crippen LogP contribution in [-0.4, -0.2) is 35.9 Å². The van der Waals surface area contributed by atoms with E-state index in [1.807, 2.05) is 7.05 Å². The summed E-state index contributed by atoms with van der Waals surface area (Å²) in [4.78, 5) is 4.77. The largest absolute Gasteiger partial charge is 0.379 e. The number of halogens is 1. The molecule has 18 heavy (non-hydrogen) atoms. The first-order valence-corrected chi connectivity index (χ1v) is 6.87. The van der Waals surface area contributed by atoms with Gasteiger partial charge in [0, 0.05) is 17.6 Å². The number of benzene rings is 1. The van der Waals surface area contributed by atoms with Crippen LogP contribution in [0.4, 0.5) is 0 Å². The van der Waals surface area contributed by atoms with Crippen LogP contribution in [0.3, 0.4) is 0 Å². The fraction of sp³-hybridized carbons (Fsp3) is 0.462. The van der Waals surface area contributed by atoms with E-state index in [-0.39, 0.29) is 0 Å². The van der Waals surface area contributed by atoms with E-state index in [1.54, 1.807) is 0 Å². The van der Waals surface area contributed by atoms with Crippen LogP contribution in [0.2, 0.25) is 0 Å². The van der Waals surface area contributed by atoms with Gasteiger partial charge >= 0.3 is 0 Å². The van der Waals surface area contributed by atoms with Crippen molar-refractivity contribution in [2.24, 2.45) is 7.05 Å². The highest BCUT2D eigenvalue weighted by atomic mass is 79.9. The minimum absolute atomic E-state index is 0.325. The molecule has 96 valence electrons. The highest BCUT2D eigenvalue weighted by molar-refractivity contribution is 9.10. The zero-order valence-electron chi connectivity index (χ0n) is 10.5. The summed E-state index contributed by atoms with van der Waals surface area (Å²) >= 11 is 3.49. The van der Waals surface area contributed by atoms with E-state index in [0.717, 1.165) is 34.5 Å². The lowest BCUT2D eigenvalue weighted by molar-refractivity contribution is 0.188. The molecule has 2 unspecified atom stereocenters. The fourth-order valence-corrected chi connectivity index (χ4v) is 2.97. The standard InChI is InChI=1S/C13H16BrN3O/c1-15-11-7-18-6-9(11)13-16-10-5-8(14)3-4-12(10)17(13)2/h3-5,9,11,15H,6-7H2,1-2H3. The summed E-state index contributed by atoms with van der Waals surface area (Å²) in [6.45, 7) is 1.50. The van der Waals surface area contributed by atoms with Crippen LogP contribution in [0.5, 0.6) is 0 Å². The molecule has 1 aromatic heterocycles. The van der Waals surface area contributed by atoms with E-state index in [4.69, 9.17) is 9.72 Å². The Bertz CT molecular complexity index is 581. The molecule has 1 saturated heterocycles. The third-order valence-corrected chi connectivity index (χ3v) is 4.15. The summed E-state index contributed by atoms with van der Waals surface area (Å²) in [6.07, 6.45) is 0. The van der Waals surface area contributed by atoms with Crippen molar-refractivity contribution in [1.82, 2.24) is 14.9 Å². The van der Waals surface area contributed by atoms with Crippen molar-refractivity contribution in [2.75, 3.05) is 20.3 Å². The number of ether oxygens (including phenoxy) is 1. The predicted molar refractivity (Wildman–Crippen MR) is 74.8 cm³/mol. The zero-order valence-corrected chi connectivity index (χ0v) is 12.1. The molecule has 3 rings (SSSR count). The molecule has 1 fully saturated rings. The average Bonchev–Trinajstić information content (AvgIpc) is 2.93. The van der Waals surface area contributed by atoms with E-state index >= 15 is 0 Å². The molecule has 5 heteroatoms. The number of nitrogens with zero attached hydrogens (tertiary/aromatic N) is 2. The predicted octanol–water partition coefficient (Wildman–Crippen LogP) is 2.04. The molecule has 0 radical (unpaired) electrons. The Labute approximate surface area is 114 Å². The van der Waals surface area contributed by atoms with Crippen LogP contribution in [0.1, 0.15) is 11.7 Å². The minimum Gasteiger partial charge on any atom is -0.379 e. The molecule has 0 saturated carbocycles. The number of fused-ring (bicyclic) bond motifs is 1. The first-order valence-electron chi connectivity index (χ1n) is 6.07. The molecule has 0 amide bonds. The second-order valence-electron chi connectivity index (χ2n) is 4.70. The molecule has 4 nitrogen and oxygen atoms in total. The summed E-state index contributed by atoms with van der Waals surface area (Å²) in [5.74, 6) is 1.42. The maximum Gasteiger partial charge on any atom is 0.116 e. The lowest BCUT2D eigenvalue weighted by atomic mass is 10.0. The van der Waals surface area contributed by atoms with Crippen LogP contribution in [0.15, 0.2) is 22.7 Å². The van der Waals surface area contributed by atoms with Crippen LogP contribution < -0.4 is 5.32 Å². The topological polar surface area (TPSA) is 39.1 Å². The summed E-state index contributed by atoms with van der Waals surface area (Å²) in [6, 6.07) is 6.56. The molecular weight excluding hydrogens is 294 g/mol. The first-order chi connectivity index (χ1) is 8.70. The van der Waals surface area contributed by atoms with Crippen molar-refractivity contribution in [2.45, 2.75) is 12.0 Å². The van der Waals surface area contributed by atoms with Gasteiger partial charge in [-0.3, -0.25) is 0 Å². The van der Waals surface area contributed by atoms with Crippen LogP contribution >= 0.6 is 15.9 Å². The molecule has 1 aliphatic rings. The van der Waals surface area contributed by atoms with E-state index in [2.05, 4.69) is 51.1 Å². The first kappa shape index (κ1) is 12.1. The second-order valence-corrected chi connectivity index (χ2v) is 5.62. The van der Waals surface area contributed by atoms with Crippen molar-refractivity contribution in [3.63, 3.8) is 0 Å². The lowest BCUT2D eigenvalue weighted by Gasteiger charge is -2.16. The highest BCUT2D eigenvalue weighted by Crippen LogP contribution is 2.28. The van der Waals surface area contributed by atoms with Gasteiger partial charge in [0.25, 0.3) is 0 Å². The number of likely N-dealkylation sites (N-methyl/N-ethyl adjacent to an activating group) is 1. The number of rotatable bonds is 2. The van der Waals surface area contributed by atoms with Gasteiger partial charge in [0.05, 0.1) is 30.2 Å². The maximum atomic E-state index is 5.56. The SMILES string of the molecule is CNC1COCC1c1nc2cc(Br)ccc2n1C. The quantitative estimate of drug-likeness (QED) is 0.922. The van der Waals surface area contributed by atoms with Gasteiger partial charge in [0.15, 0.2) is 0 Å². The third-order valence-electron chi connectivity index (χ3n) is 3.66. The van der Waals surface area contributed by atoms with Crippen LogP contribution in [-0.2, 0) is 11.8 Å². The van der Waals surface area contributed by atoms with Gasteiger partial charge in [-0.25, -0.2) is 4.98 Å². The summed E-state index contributed by atoms with van der Waals surface area (Å²) in [5.41, 5.74) is 2.19. The van der Waals surface area contributed by atoms with Gasteiger partial charge in [0.1, 0.15) is 5.82 Å². The molecule has 2 heterocycles. The van der Waals surface area contributed by atoms with Gasteiger partial charge in [-0.15, -0.1) is 0 Å². The van der Waals surface area contributed by atoms with Gasteiger partial charge in [-0.05, 0) is 25.2 Å². The Kier molecular flexibility index (Phi) is 3.13. The Morgan fingerprint density at radius 1 is 1.44 bits per heavy atom.